The number of aliphatic hydroxyl groups is 2. The molecule has 10 atom stereocenters. The summed E-state index contributed by atoms with van der Waals surface area (Å²) in [5.41, 5.74) is 2.09. The minimum Gasteiger partial charge on any atom is -0.394 e. The average Bonchev–Trinajstić information content (AvgIpc) is 2.92. The first kappa shape index (κ1) is 28.2. The molecule has 4 rings (SSSR count). The molecule has 0 bridgehead atoms. The Labute approximate surface area is 220 Å². The van der Waals surface area contributed by atoms with Crippen LogP contribution in [0.4, 0.5) is 0 Å². The van der Waals surface area contributed by atoms with Crippen molar-refractivity contribution in [2.24, 2.45) is 17.8 Å². The number of ether oxygens (including phenoxy) is 5. The molecule has 0 aromatic heterocycles. The molecule has 2 aromatic rings. The normalized spacial score (nSPS) is 36.4. The van der Waals surface area contributed by atoms with Crippen LogP contribution in [0.2, 0.25) is 0 Å². The minimum atomic E-state index is -0.861. The lowest BCUT2D eigenvalue weighted by molar-refractivity contribution is -0.333. The first-order valence-electron chi connectivity index (χ1n) is 13.4. The fourth-order valence-corrected chi connectivity index (χ4v) is 5.23. The van der Waals surface area contributed by atoms with Crippen molar-refractivity contribution in [3.8, 4) is 0 Å². The van der Waals surface area contributed by atoms with Crippen LogP contribution in [0.1, 0.15) is 38.8 Å². The van der Waals surface area contributed by atoms with Gasteiger partial charge < -0.3 is 33.9 Å². The molecular weight excluding hydrogens is 472 g/mol. The second-order valence-electron chi connectivity index (χ2n) is 10.5. The average molecular weight is 515 g/mol. The van der Waals surface area contributed by atoms with Crippen LogP contribution in [0.5, 0.6) is 0 Å². The lowest BCUT2D eigenvalue weighted by Crippen LogP contribution is -2.60. The highest BCUT2D eigenvalue weighted by Crippen LogP contribution is 2.37. The highest BCUT2D eigenvalue weighted by atomic mass is 16.7. The molecule has 2 aliphatic rings. The van der Waals surface area contributed by atoms with Gasteiger partial charge in [0.1, 0.15) is 12.2 Å². The number of rotatable bonds is 10. The summed E-state index contributed by atoms with van der Waals surface area (Å²) in [6.45, 7) is 9.21. The van der Waals surface area contributed by atoms with Gasteiger partial charge in [0.15, 0.2) is 6.29 Å². The van der Waals surface area contributed by atoms with Crippen molar-refractivity contribution in [3.05, 3.63) is 71.8 Å². The Bertz CT molecular complexity index is 926. The van der Waals surface area contributed by atoms with Gasteiger partial charge in [-0.3, -0.25) is 0 Å². The van der Waals surface area contributed by atoms with Crippen LogP contribution in [0.15, 0.2) is 60.7 Å². The maximum absolute atomic E-state index is 11.2. The van der Waals surface area contributed by atoms with Gasteiger partial charge in [-0.25, -0.2) is 0 Å². The van der Waals surface area contributed by atoms with Crippen LogP contribution >= 0.6 is 0 Å². The minimum absolute atomic E-state index is 0.0494. The van der Waals surface area contributed by atoms with Gasteiger partial charge in [0.05, 0.1) is 50.8 Å². The standard InChI is InChI=1S/C30H42O7/c1-19-20(2)28(26(35-22(19)4)18-33-16-23-11-7-5-8-12-23)37-30-29(27(32)21(3)25(15-31)36-30)34-17-24-13-9-6-10-14-24/h5-14,19-22,25-32H,15-18H2,1-4H3/t19?,20-,21-,22+,25?,26?,27+,28+,29?,30+/m1/s1. The van der Waals surface area contributed by atoms with Gasteiger partial charge in [0.2, 0.25) is 0 Å². The van der Waals surface area contributed by atoms with E-state index in [1.54, 1.807) is 0 Å². The first-order chi connectivity index (χ1) is 17.9. The fourth-order valence-electron chi connectivity index (χ4n) is 5.23. The third-order valence-electron chi connectivity index (χ3n) is 8.03. The predicted octanol–water partition coefficient (Wildman–Crippen LogP) is 3.95. The molecule has 7 nitrogen and oxygen atoms in total. The van der Waals surface area contributed by atoms with E-state index >= 15 is 0 Å². The molecule has 0 aliphatic carbocycles. The summed E-state index contributed by atoms with van der Waals surface area (Å²) in [5.74, 6) is 0.0891. The van der Waals surface area contributed by atoms with Gasteiger partial charge in [-0.1, -0.05) is 81.4 Å². The van der Waals surface area contributed by atoms with E-state index in [0.29, 0.717) is 19.8 Å². The molecule has 0 saturated carbocycles. The highest BCUT2D eigenvalue weighted by Gasteiger charge is 2.48. The second kappa shape index (κ2) is 13.3. The van der Waals surface area contributed by atoms with E-state index in [-0.39, 0.29) is 42.7 Å². The van der Waals surface area contributed by atoms with E-state index in [1.165, 1.54) is 0 Å². The summed E-state index contributed by atoms with van der Waals surface area (Å²) >= 11 is 0. The Morgan fingerprint density at radius 2 is 1.35 bits per heavy atom. The maximum Gasteiger partial charge on any atom is 0.187 e. The summed E-state index contributed by atoms with van der Waals surface area (Å²) in [6, 6.07) is 19.9. The van der Waals surface area contributed by atoms with E-state index < -0.39 is 24.6 Å². The van der Waals surface area contributed by atoms with Crippen LogP contribution in [-0.2, 0) is 36.9 Å². The molecule has 37 heavy (non-hydrogen) atoms. The van der Waals surface area contributed by atoms with Crippen molar-refractivity contribution in [1.82, 2.24) is 0 Å². The van der Waals surface area contributed by atoms with Gasteiger partial charge in [-0.15, -0.1) is 0 Å². The zero-order valence-electron chi connectivity index (χ0n) is 22.3. The molecule has 4 unspecified atom stereocenters. The molecule has 2 heterocycles. The van der Waals surface area contributed by atoms with E-state index in [0.717, 1.165) is 11.1 Å². The van der Waals surface area contributed by atoms with Crippen molar-refractivity contribution < 1.29 is 33.9 Å². The molecule has 2 N–H and O–H groups in total. The number of hydrogen-bond acceptors (Lipinski definition) is 7. The SMILES string of the molecule is CC1[C@H](C)OC(COCc2ccccc2)[C@@H](O[C@@H]2OC(CO)[C@@H](C)[C@H](O)C2OCc2ccccc2)[C@@H]1C. The van der Waals surface area contributed by atoms with Crippen LogP contribution in [0.3, 0.4) is 0 Å². The van der Waals surface area contributed by atoms with Crippen molar-refractivity contribution in [3.63, 3.8) is 0 Å². The van der Waals surface area contributed by atoms with Crippen LogP contribution < -0.4 is 0 Å². The molecule has 2 fully saturated rings. The molecule has 0 spiro atoms. The molecule has 0 amide bonds. The van der Waals surface area contributed by atoms with Crippen molar-refractivity contribution in [2.45, 2.75) is 83.8 Å². The largest absolute Gasteiger partial charge is 0.394 e. The van der Waals surface area contributed by atoms with E-state index in [2.05, 4.69) is 20.8 Å². The number of aliphatic hydroxyl groups excluding tert-OH is 2. The third kappa shape index (κ3) is 6.98. The van der Waals surface area contributed by atoms with Gasteiger partial charge in [-0.2, -0.15) is 0 Å². The smallest absolute Gasteiger partial charge is 0.187 e. The number of hydrogen-bond donors (Lipinski definition) is 2. The summed E-state index contributed by atoms with van der Waals surface area (Å²) < 4.78 is 31.4. The fraction of sp³-hybridized carbons (Fsp3) is 0.600. The molecular formula is C30H42O7. The lowest BCUT2D eigenvalue weighted by atomic mass is 9.81. The summed E-state index contributed by atoms with van der Waals surface area (Å²) in [6.07, 6.45) is -3.59. The molecule has 204 valence electrons. The van der Waals surface area contributed by atoms with Crippen molar-refractivity contribution >= 4 is 0 Å². The Kier molecular flexibility index (Phi) is 10.1. The van der Waals surface area contributed by atoms with Crippen LogP contribution in [0, 0.1) is 17.8 Å². The van der Waals surface area contributed by atoms with Crippen molar-refractivity contribution in [2.75, 3.05) is 13.2 Å². The lowest BCUT2D eigenvalue weighted by Gasteiger charge is -2.48. The highest BCUT2D eigenvalue weighted by molar-refractivity contribution is 5.14. The third-order valence-corrected chi connectivity index (χ3v) is 8.03. The van der Waals surface area contributed by atoms with Gasteiger partial charge in [0.25, 0.3) is 0 Å². The number of benzene rings is 2. The molecule has 7 heteroatoms. The predicted molar refractivity (Wildman–Crippen MR) is 140 cm³/mol. The topological polar surface area (TPSA) is 86.6 Å². The van der Waals surface area contributed by atoms with Crippen molar-refractivity contribution in [1.29, 1.82) is 0 Å². The van der Waals surface area contributed by atoms with Crippen LogP contribution in [-0.4, -0.2) is 66.3 Å². The molecule has 2 aliphatic heterocycles. The Balaban J connectivity index is 1.49. The first-order valence-corrected chi connectivity index (χ1v) is 13.4. The summed E-state index contributed by atoms with van der Waals surface area (Å²) in [5, 5.41) is 21.1. The Morgan fingerprint density at radius 1 is 0.730 bits per heavy atom. The van der Waals surface area contributed by atoms with Gasteiger partial charge in [-0.05, 0) is 29.9 Å². The maximum atomic E-state index is 11.2. The van der Waals surface area contributed by atoms with E-state index in [9.17, 15) is 10.2 Å². The van der Waals surface area contributed by atoms with Crippen LogP contribution in [0.25, 0.3) is 0 Å². The van der Waals surface area contributed by atoms with Gasteiger partial charge in [0, 0.05) is 5.92 Å². The Morgan fingerprint density at radius 3 is 1.97 bits per heavy atom. The summed E-state index contributed by atoms with van der Waals surface area (Å²) in [4.78, 5) is 0. The van der Waals surface area contributed by atoms with E-state index in [1.807, 2.05) is 67.6 Å². The summed E-state index contributed by atoms with van der Waals surface area (Å²) in [7, 11) is 0. The quantitative estimate of drug-likeness (QED) is 0.497. The Hall–Kier alpha value is -1.84. The molecule has 0 radical (unpaired) electrons. The molecule has 2 saturated heterocycles. The van der Waals surface area contributed by atoms with Gasteiger partial charge >= 0.3 is 0 Å². The van der Waals surface area contributed by atoms with E-state index in [4.69, 9.17) is 23.7 Å². The zero-order chi connectivity index (χ0) is 26.4. The molecule has 2 aromatic carbocycles. The zero-order valence-corrected chi connectivity index (χ0v) is 22.3. The monoisotopic (exact) mass is 514 g/mol. The second-order valence-corrected chi connectivity index (χ2v) is 10.5.